The Morgan fingerprint density at radius 2 is 2.05 bits per heavy atom. The molecular formula is C13H16BrNO5S. The van der Waals surface area contributed by atoms with Gasteiger partial charge in [-0.2, -0.15) is 8.42 Å². The Bertz CT molecular complexity index is 642. The summed E-state index contributed by atoms with van der Waals surface area (Å²) < 4.78 is 33.2. The number of amides is 1. The largest absolute Gasteiger partial charge is 0.489 e. The van der Waals surface area contributed by atoms with E-state index in [-0.39, 0.29) is 18.8 Å². The van der Waals surface area contributed by atoms with Crippen LogP contribution in [-0.4, -0.2) is 27.2 Å². The van der Waals surface area contributed by atoms with E-state index in [4.69, 9.17) is 14.7 Å². The number of carbonyl (C=O) groups excluding carboxylic acids is 1. The number of ether oxygens (including phenoxy) is 1. The molecule has 0 atom stereocenters. The molecule has 1 rings (SSSR count). The molecule has 0 unspecified atom stereocenters. The second-order valence-corrected chi connectivity index (χ2v) is 6.58. The van der Waals surface area contributed by atoms with Crippen LogP contribution in [0.3, 0.4) is 0 Å². The number of hydrogen-bond acceptors (Lipinski definition) is 5. The molecule has 0 radical (unpaired) electrons. The van der Waals surface area contributed by atoms with Crippen molar-refractivity contribution < 1.29 is 22.1 Å². The highest BCUT2D eigenvalue weighted by Gasteiger charge is 2.17. The van der Waals surface area contributed by atoms with Gasteiger partial charge >= 0.3 is 10.1 Å². The lowest BCUT2D eigenvalue weighted by Gasteiger charge is -2.14. The lowest BCUT2D eigenvalue weighted by Crippen LogP contribution is -2.12. The van der Waals surface area contributed by atoms with Gasteiger partial charge in [0.2, 0.25) is 5.91 Å². The highest BCUT2D eigenvalue weighted by atomic mass is 79.9. The van der Waals surface area contributed by atoms with Crippen LogP contribution < -0.4 is 14.7 Å². The molecule has 0 aliphatic heterocycles. The number of rotatable bonds is 8. The lowest BCUT2D eigenvalue weighted by molar-refractivity contribution is -0.117. The third-order valence-corrected chi connectivity index (χ3v) is 3.74. The molecule has 6 nitrogen and oxygen atoms in total. The minimum atomic E-state index is -3.66. The Labute approximate surface area is 132 Å². The Morgan fingerprint density at radius 1 is 1.43 bits per heavy atom. The van der Waals surface area contributed by atoms with Crippen molar-refractivity contribution in [3.05, 3.63) is 34.8 Å². The van der Waals surface area contributed by atoms with Crippen molar-refractivity contribution in [3.63, 3.8) is 0 Å². The molecule has 0 saturated carbocycles. The number of carbonyl (C=O) groups is 1. The minimum Gasteiger partial charge on any atom is -0.489 e. The molecular weight excluding hydrogens is 362 g/mol. The molecule has 1 aromatic rings. The maximum absolute atomic E-state index is 11.2. The number of hydrogen-bond donors (Lipinski definition) is 1. The first-order valence-corrected chi connectivity index (χ1v) is 8.58. The van der Waals surface area contributed by atoms with Crippen molar-refractivity contribution in [1.29, 1.82) is 0 Å². The Balaban J connectivity index is 3.18. The van der Waals surface area contributed by atoms with Gasteiger partial charge in [0.1, 0.15) is 12.4 Å². The van der Waals surface area contributed by atoms with Gasteiger partial charge in [-0.3, -0.25) is 4.79 Å². The molecule has 0 bridgehead atoms. The van der Waals surface area contributed by atoms with E-state index in [1.807, 2.05) is 0 Å². The van der Waals surface area contributed by atoms with E-state index in [9.17, 15) is 13.2 Å². The Hall–Kier alpha value is -1.54. The Morgan fingerprint density at radius 3 is 2.57 bits per heavy atom. The fourth-order valence-corrected chi connectivity index (χ4v) is 2.75. The van der Waals surface area contributed by atoms with Gasteiger partial charge in [-0.1, -0.05) is 12.7 Å². The molecule has 0 saturated heterocycles. The van der Waals surface area contributed by atoms with Gasteiger partial charge in [0.05, 0.1) is 10.7 Å². The van der Waals surface area contributed by atoms with Crippen LogP contribution in [0.5, 0.6) is 11.5 Å². The zero-order chi connectivity index (χ0) is 16.0. The van der Waals surface area contributed by atoms with Crippen LogP contribution in [0.2, 0.25) is 0 Å². The molecule has 2 N–H and O–H groups in total. The summed E-state index contributed by atoms with van der Waals surface area (Å²) in [6, 6.07) is 3.04. The average molecular weight is 378 g/mol. The van der Waals surface area contributed by atoms with E-state index in [2.05, 4.69) is 22.5 Å². The van der Waals surface area contributed by atoms with Crippen molar-refractivity contribution in [2.75, 3.05) is 12.9 Å². The summed E-state index contributed by atoms with van der Waals surface area (Å²) >= 11 is 3.28. The fraction of sp³-hybridized carbons (Fsp3) is 0.308. The maximum Gasteiger partial charge on any atom is 0.306 e. The third kappa shape index (κ3) is 5.76. The fourth-order valence-electron chi connectivity index (χ4n) is 1.57. The third-order valence-electron chi connectivity index (χ3n) is 2.38. The average Bonchev–Trinajstić information content (AvgIpc) is 2.36. The van der Waals surface area contributed by atoms with Crippen molar-refractivity contribution in [2.45, 2.75) is 12.8 Å². The molecule has 1 aromatic carbocycles. The van der Waals surface area contributed by atoms with Gasteiger partial charge in [-0.05, 0) is 34.5 Å². The molecule has 21 heavy (non-hydrogen) atoms. The standard InChI is InChI=1S/C13H16BrNO5S/c1-3-8-19-10-5-6-11(20-21(2,17)18)13(14)9(10)4-7-12(15)16/h3,5-6H,1,4,7-8H2,2H3,(H2,15,16). The first-order valence-electron chi connectivity index (χ1n) is 5.97. The molecule has 116 valence electrons. The molecule has 1 amide bonds. The van der Waals surface area contributed by atoms with Crippen molar-refractivity contribution in [3.8, 4) is 11.5 Å². The first-order chi connectivity index (χ1) is 9.74. The second-order valence-electron chi connectivity index (χ2n) is 4.21. The van der Waals surface area contributed by atoms with E-state index < -0.39 is 16.0 Å². The molecule has 0 aromatic heterocycles. The predicted octanol–water partition coefficient (Wildman–Crippen LogP) is 1.77. The predicted molar refractivity (Wildman–Crippen MR) is 82.8 cm³/mol. The first kappa shape index (κ1) is 17.5. The molecule has 0 aliphatic carbocycles. The number of benzene rings is 1. The number of halogens is 1. The lowest BCUT2D eigenvalue weighted by atomic mass is 10.1. The number of nitrogens with two attached hydrogens (primary N) is 1. The second kappa shape index (κ2) is 7.46. The normalized spacial score (nSPS) is 11.0. The van der Waals surface area contributed by atoms with Crippen LogP contribution in [0, 0.1) is 0 Å². The highest BCUT2D eigenvalue weighted by molar-refractivity contribution is 9.10. The van der Waals surface area contributed by atoms with Gasteiger partial charge in [0, 0.05) is 12.0 Å². The molecule has 0 fully saturated rings. The van der Waals surface area contributed by atoms with E-state index in [0.29, 0.717) is 22.2 Å². The van der Waals surface area contributed by atoms with E-state index in [0.717, 1.165) is 6.26 Å². The monoisotopic (exact) mass is 377 g/mol. The number of primary amides is 1. The van der Waals surface area contributed by atoms with Gasteiger partial charge in [-0.15, -0.1) is 0 Å². The minimum absolute atomic E-state index is 0.103. The summed E-state index contributed by atoms with van der Waals surface area (Å²) in [4.78, 5) is 10.9. The summed E-state index contributed by atoms with van der Waals surface area (Å²) in [7, 11) is -3.66. The van der Waals surface area contributed by atoms with Crippen LogP contribution in [0.25, 0.3) is 0 Å². The van der Waals surface area contributed by atoms with Gasteiger partial charge in [0.15, 0.2) is 5.75 Å². The van der Waals surface area contributed by atoms with E-state index in [1.165, 1.54) is 6.07 Å². The van der Waals surface area contributed by atoms with Crippen LogP contribution in [0.15, 0.2) is 29.3 Å². The summed E-state index contributed by atoms with van der Waals surface area (Å²) in [5, 5.41) is 0. The van der Waals surface area contributed by atoms with E-state index in [1.54, 1.807) is 12.1 Å². The van der Waals surface area contributed by atoms with Crippen LogP contribution in [0.1, 0.15) is 12.0 Å². The Kier molecular flexibility index (Phi) is 6.22. The maximum atomic E-state index is 11.2. The highest BCUT2D eigenvalue weighted by Crippen LogP contribution is 2.36. The van der Waals surface area contributed by atoms with Crippen molar-refractivity contribution >= 4 is 32.0 Å². The molecule has 0 heterocycles. The smallest absolute Gasteiger partial charge is 0.306 e. The van der Waals surface area contributed by atoms with Crippen molar-refractivity contribution in [2.24, 2.45) is 5.73 Å². The summed E-state index contributed by atoms with van der Waals surface area (Å²) in [6.45, 7) is 3.83. The zero-order valence-corrected chi connectivity index (χ0v) is 13.9. The summed E-state index contributed by atoms with van der Waals surface area (Å²) in [5.41, 5.74) is 5.75. The van der Waals surface area contributed by atoms with Crippen molar-refractivity contribution in [1.82, 2.24) is 0 Å². The van der Waals surface area contributed by atoms with Crippen LogP contribution in [0.4, 0.5) is 0 Å². The summed E-state index contributed by atoms with van der Waals surface area (Å²) in [6.07, 6.45) is 2.92. The van der Waals surface area contributed by atoms with Gasteiger partial charge in [-0.25, -0.2) is 0 Å². The summed E-state index contributed by atoms with van der Waals surface area (Å²) in [5.74, 6) is 0.165. The zero-order valence-electron chi connectivity index (χ0n) is 11.5. The van der Waals surface area contributed by atoms with E-state index >= 15 is 0 Å². The van der Waals surface area contributed by atoms with Gasteiger partial charge < -0.3 is 14.7 Å². The molecule has 0 spiro atoms. The van der Waals surface area contributed by atoms with Crippen LogP contribution in [-0.2, 0) is 21.3 Å². The topological polar surface area (TPSA) is 95.7 Å². The SMILES string of the molecule is C=CCOc1ccc(OS(C)(=O)=O)c(Br)c1CCC(N)=O. The van der Waals surface area contributed by atoms with Crippen LogP contribution >= 0.6 is 15.9 Å². The molecule has 0 aliphatic rings. The molecule has 8 heteroatoms. The quantitative estimate of drug-likeness (QED) is 0.550. The van der Waals surface area contributed by atoms with Gasteiger partial charge in [0.25, 0.3) is 0 Å².